The molecule has 9 nitrogen and oxygen atoms in total. The molecule has 0 saturated carbocycles. The second-order valence-corrected chi connectivity index (χ2v) is 10.4. The van der Waals surface area contributed by atoms with Crippen LogP contribution in [0.3, 0.4) is 0 Å². The molecule has 2 saturated heterocycles. The highest BCUT2D eigenvalue weighted by atomic mass is 79.9. The lowest BCUT2D eigenvalue weighted by Crippen LogP contribution is -2.44. The molecule has 2 aliphatic rings. The van der Waals surface area contributed by atoms with Crippen molar-refractivity contribution in [2.45, 2.75) is 37.9 Å². The number of hydrogen-bond donors (Lipinski definition) is 3. The van der Waals surface area contributed by atoms with Crippen LogP contribution in [0.5, 0.6) is 0 Å². The highest BCUT2D eigenvalue weighted by molar-refractivity contribution is 9.10. The van der Waals surface area contributed by atoms with Gasteiger partial charge in [-0.15, -0.1) is 0 Å². The van der Waals surface area contributed by atoms with E-state index in [1.165, 1.54) is 0 Å². The Morgan fingerprint density at radius 3 is 2.59 bits per heavy atom. The van der Waals surface area contributed by atoms with E-state index in [2.05, 4.69) is 31.5 Å². The molecular formula is C27H32BrN7O2. The number of halogens is 1. The smallest absolute Gasteiger partial charge is 0.272 e. The zero-order valence-electron chi connectivity index (χ0n) is 20.9. The minimum atomic E-state index is -0.601. The van der Waals surface area contributed by atoms with Crippen LogP contribution in [0.4, 0.5) is 17.5 Å². The molecule has 194 valence electrons. The van der Waals surface area contributed by atoms with Crippen LogP contribution in [0.25, 0.3) is 0 Å². The fourth-order valence-electron chi connectivity index (χ4n) is 5.13. The first-order chi connectivity index (χ1) is 18.0. The number of hydrogen-bond acceptors (Lipinski definition) is 6. The molecule has 1 aromatic heterocycles. The highest BCUT2D eigenvalue weighted by Gasteiger charge is 2.36. The van der Waals surface area contributed by atoms with Crippen molar-refractivity contribution in [3.05, 3.63) is 70.3 Å². The number of piperidine rings is 1. The highest BCUT2D eigenvalue weighted by Crippen LogP contribution is 2.29. The van der Waals surface area contributed by atoms with E-state index in [-0.39, 0.29) is 17.9 Å². The summed E-state index contributed by atoms with van der Waals surface area (Å²) in [5, 5.41) is 6.10. The number of nitrogens with one attached hydrogen (secondary N) is 2. The summed E-state index contributed by atoms with van der Waals surface area (Å²) >= 11 is 3.64. The first kappa shape index (κ1) is 25.3. The van der Waals surface area contributed by atoms with Crippen molar-refractivity contribution >= 4 is 45.2 Å². The zero-order chi connectivity index (χ0) is 25.9. The number of amides is 2. The largest absolute Gasteiger partial charge is 0.371 e. The maximum atomic E-state index is 13.8. The molecule has 2 amide bonds. The van der Waals surface area contributed by atoms with Gasteiger partial charge in [0.2, 0.25) is 11.9 Å². The Hall–Kier alpha value is -3.37. The van der Waals surface area contributed by atoms with Crippen molar-refractivity contribution in [2.75, 3.05) is 41.8 Å². The third kappa shape index (κ3) is 5.21. The molecule has 37 heavy (non-hydrogen) atoms. The quantitative estimate of drug-likeness (QED) is 0.406. The van der Waals surface area contributed by atoms with Crippen molar-refractivity contribution < 1.29 is 9.59 Å². The predicted octanol–water partition coefficient (Wildman–Crippen LogP) is 3.20. The van der Waals surface area contributed by atoms with E-state index in [4.69, 9.17) is 10.7 Å². The second kappa shape index (κ2) is 10.9. The van der Waals surface area contributed by atoms with Crippen molar-refractivity contribution in [3.63, 3.8) is 0 Å². The minimum absolute atomic E-state index is 0.0535. The molecule has 3 heterocycles. The molecular weight excluding hydrogens is 534 g/mol. The number of nitrogens with two attached hydrogens (primary N) is 1. The summed E-state index contributed by atoms with van der Waals surface area (Å²) < 4.78 is 2.89. The molecule has 0 bridgehead atoms. The Bertz CT molecular complexity index is 1280. The summed E-state index contributed by atoms with van der Waals surface area (Å²) in [6.07, 6.45) is 2.47. The van der Waals surface area contributed by atoms with Gasteiger partial charge in [0.05, 0.1) is 6.54 Å². The Balaban J connectivity index is 1.47. The molecule has 2 fully saturated rings. The van der Waals surface area contributed by atoms with Crippen LogP contribution in [-0.4, -0.2) is 60.1 Å². The SMILES string of the molecule is CNc1nc(N2CCCC(N)C2)n(Cc2ccccc2Br)c1C(=O)NC1CCN(c2ccccc2)C1=O. The standard InChI is InChI=1S/C27H32BrN7O2/c1-30-24-23(25(36)31-22-13-15-34(26(22)37)20-10-3-2-4-11-20)35(16-18-8-5-6-12-21(18)28)27(32-24)33-14-7-9-19(29)17-33/h2-6,8,10-12,19,22,30H,7,9,13-17,29H2,1H3,(H,31,36). The van der Waals surface area contributed by atoms with Crippen LogP contribution >= 0.6 is 15.9 Å². The molecule has 0 radical (unpaired) electrons. The molecule has 2 unspecified atom stereocenters. The van der Waals surface area contributed by atoms with E-state index >= 15 is 0 Å². The van der Waals surface area contributed by atoms with Gasteiger partial charge < -0.3 is 26.2 Å². The number of benzene rings is 2. The van der Waals surface area contributed by atoms with E-state index in [1.807, 2.05) is 59.2 Å². The third-order valence-corrected chi connectivity index (χ3v) is 7.78. The Labute approximate surface area is 225 Å². The summed E-state index contributed by atoms with van der Waals surface area (Å²) in [4.78, 5) is 35.7. The number of carbonyl (C=O) groups excluding carboxylic acids is 2. The number of anilines is 3. The van der Waals surface area contributed by atoms with Gasteiger partial charge in [0.25, 0.3) is 5.91 Å². The van der Waals surface area contributed by atoms with Gasteiger partial charge in [-0.1, -0.05) is 52.3 Å². The average molecular weight is 567 g/mol. The van der Waals surface area contributed by atoms with E-state index < -0.39 is 6.04 Å². The molecule has 4 N–H and O–H groups in total. The van der Waals surface area contributed by atoms with E-state index in [1.54, 1.807) is 11.9 Å². The van der Waals surface area contributed by atoms with E-state index in [9.17, 15) is 9.59 Å². The minimum Gasteiger partial charge on any atom is -0.371 e. The summed E-state index contributed by atoms with van der Waals surface area (Å²) in [6, 6.07) is 16.9. The summed E-state index contributed by atoms with van der Waals surface area (Å²) in [6.45, 7) is 2.48. The van der Waals surface area contributed by atoms with E-state index in [0.717, 1.165) is 35.1 Å². The molecule has 0 spiro atoms. The number of carbonyl (C=O) groups is 2. The zero-order valence-corrected chi connectivity index (χ0v) is 22.4. The Morgan fingerprint density at radius 1 is 1.11 bits per heavy atom. The van der Waals surface area contributed by atoms with Gasteiger partial charge >= 0.3 is 0 Å². The van der Waals surface area contributed by atoms with Crippen LogP contribution in [0.15, 0.2) is 59.1 Å². The molecule has 2 aliphatic heterocycles. The van der Waals surface area contributed by atoms with Crippen LogP contribution < -0.4 is 26.2 Å². The number of rotatable bonds is 7. The number of aromatic nitrogens is 2. The van der Waals surface area contributed by atoms with Gasteiger partial charge in [0.15, 0.2) is 11.5 Å². The van der Waals surface area contributed by atoms with Crippen LogP contribution in [0.1, 0.15) is 35.3 Å². The molecule has 2 atom stereocenters. The van der Waals surface area contributed by atoms with Gasteiger partial charge in [-0.3, -0.25) is 14.2 Å². The molecule has 0 aliphatic carbocycles. The topological polar surface area (TPSA) is 109 Å². The van der Waals surface area contributed by atoms with Gasteiger partial charge in [0, 0.05) is 42.9 Å². The second-order valence-electron chi connectivity index (χ2n) is 9.53. The first-order valence-electron chi connectivity index (χ1n) is 12.7. The van der Waals surface area contributed by atoms with Gasteiger partial charge in [-0.05, 0) is 43.0 Å². The van der Waals surface area contributed by atoms with E-state index in [0.29, 0.717) is 43.5 Å². The average Bonchev–Trinajstić information content (AvgIpc) is 3.46. The number of para-hydroxylation sites is 1. The molecule has 10 heteroatoms. The lowest BCUT2D eigenvalue weighted by molar-refractivity contribution is -0.118. The third-order valence-electron chi connectivity index (χ3n) is 7.01. The molecule has 3 aromatic rings. The summed E-state index contributed by atoms with van der Waals surface area (Å²) in [7, 11) is 1.76. The summed E-state index contributed by atoms with van der Waals surface area (Å²) in [5.74, 6) is 0.738. The lowest BCUT2D eigenvalue weighted by Gasteiger charge is -2.32. The maximum absolute atomic E-state index is 13.8. The van der Waals surface area contributed by atoms with Gasteiger partial charge in [0.1, 0.15) is 6.04 Å². The van der Waals surface area contributed by atoms with Gasteiger partial charge in [-0.25, -0.2) is 0 Å². The molecule has 2 aromatic carbocycles. The van der Waals surface area contributed by atoms with Crippen molar-refractivity contribution in [3.8, 4) is 0 Å². The predicted molar refractivity (Wildman–Crippen MR) is 149 cm³/mol. The van der Waals surface area contributed by atoms with Gasteiger partial charge in [-0.2, -0.15) is 4.98 Å². The van der Waals surface area contributed by atoms with Crippen molar-refractivity contribution in [2.24, 2.45) is 5.73 Å². The lowest BCUT2D eigenvalue weighted by atomic mass is 10.1. The summed E-state index contributed by atoms with van der Waals surface area (Å²) in [5.41, 5.74) is 8.55. The van der Waals surface area contributed by atoms with Crippen molar-refractivity contribution in [1.29, 1.82) is 0 Å². The first-order valence-corrected chi connectivity index (χ1v) is 13.4. The van der Waals surface area contributed by atoms with Crippen LogP contribution in [-0.2, 0) is 11.3 Å². The monoisotopic (exact) mass is 565 g/mol. The Morgan fingerprint density at radius 2 is 1.86 bits per heavy atom. The Kier molecular flexibility index (Phi) is 7.48. The van der Waals surface area contributed by atoms with Crippen LogP contribution in [0, 0.1) is 0 Å². The fraction of sp³-hybridized carbons (Fsp3) is 0.370. The van der Waals surface area contributed by atoms with Crippen molar-refractivity contribution in [1.82, 2.24) is 14.9 Å². The molecule has 5 rings (SSSR count). The maximum Gasteiger partial charge on any atom is 0.272 e. The normalized spacial score (nSPS) is 19.8. The number of imidazole rings is 1. The van der Waals surface area contributed by atoms with Crippen LogP contribution in [0.2, 0.25) is 0 Å². The fourth-order valence-corrected chi connectivity index (χ4v) is 5.54. The number of nitrogens with zero attached hydrogens (tertiary/aromatic N) is 4.